The lowest BCUT2D eigenvalue weighted by Gasteiger charge is -2.05. The first-order valence-corrected chi connectivity index (χ1v) is 6.71. The van der Waals surface area contributed by atoms with Crippen molar-refractivity contribution in [3.05, 3.63) is 47.4 Å². The van der Waals surface area contributed by atoms with Crippen LogP contribution in [-0.2, 0) is 11.2 Å². The molecule has 0 amide bonds. The summed E-state index contributed by atoms with van der Waals surface area (Å²) in [5, 5.41) is 18.9. The third-order valence-corrected chi connectivity index (χ3v) is 2.82. The van der Waals surface area contributed by atoms with Gasteiger partial charge in [0.05, 0.1) is 18.1 Å². The van der Waals surface area contributed by atoms with Crippen molar-refractivity contribution in [3.63, 3.8) is 0 Å². The van der Waals surface area contributed by atoms with E-state index in [2.05, 4.69) is 0 Å². The second-order valence-corrected chi connectivity index (χ2v) is 5.02. The number of phenols is 2. The van der Waals surface area contributed by atoms with Crippen LogP contribution in [0, 0.1) is 0 Å². The van der Waals surface area contributed by atoms with Crippen molar-refractivity contribution in [1.82, 2.24) is 0 Å². The third-order valence-electron chi connectivity index (χ3n) is 2.82. The molecule has 0 saturated heterocycles. The number of carbonyl (C=O) groups excluding carboxylic acids is 2. The number of carbonyl (C=O) groups is 2. The Morgan fingerprint density at radius 2 is 1.91 bits per heavy atom. The minimum atomic E-state index is -0.596. The van der Waals surface area contributed by atoms with Crippen molar-refractivity contribution >= 4 is 11.8 Å². The molecule has 0 aliphatic rings. The maximum Gasteiger partial charge on any atom is 0.374 e. The van der Waals surface area contributed by atoms with Crippen LogP contribution in [0.4, 0.5) is 0 Å². The first kappa shape index (κ1) is 15.6. The highest BCUT2D eigenvalue weighted by Crippen LogP contribution is 2.24. The topological polar surface area (TPSA) is 97.0 Å². The third kappa shape index (κ3) is 3.66. The van der Waals surface area contributed by atoms with Crippen LogP contribution < -0.4 is 0 Å². The Balaban J connectivity index is 2.09. The number of ether oxygens (including phenoxy) is 1. The first-order valence-electron chi connectivity index (χ1n) is 6.71. The fourth-order valence-electron chi connectivity index (χ4n) is 1.86. The molecule has 1 aromatic heterocycles. The molecule has 2 rings (SSSR count). The Bertz CT molecular complexity index is 698. The van der Waals surface area contributed by atoms with Gasteiger partial charge in [0.1, 0.15) is 17.3 Å². The molecule has 2 N–H and O–H groups in total. The Kier molecular flexibility index (Phi) is 4.50. The molecule has 2 aromatic rings. The minimum absolute atomic E-state index is 0.0198. The first-order chi connectivity index (χ1) is 10.4. The molecule has 6 heteroatoms. The summed E-state index contributed by atoms with van der Waals surface area (Å²) in [6, 6.07) is 6.65. The molecule has 1 heterocycles. The van der Waals surface area contributed by atoms with Gasteiger partial charge in [0, 0.05) is 6.07 Å². The van der Waals surface area contributed by atoms with Crippen molar-refractivity contribution in [2.24, 2.45) is 0 Å². The predicted molar refractivity (Wildman–Crippen MR) is 77.1 cm³/mol. The molecule has 1 aromatic carbocycles. The second-order valence-electron chi connectivity index (χ2n) is 5.02. The number of furan rings is 1. The highest BCUT2D eigenvalue weighted by atomic mass is 16.6. The predicted octanol–water partition coefficient (Wildman–Crippen LogP) is 2.68. The molecule has 0 aliphatic heterocycles. The van der Waals surface area contributed by atoms with Gasteiger partial charge in [-0.1, -0.05) is 0 Å². The van der Waals surface area contributed by atoms with Crippen LogP contribution in [0.25, 0.3) is 0 Å². The molecule has 116 valence electrons. The van der Waals surface area contributed by atoms with Crippen molar-refractivity contribution in [3.8, 4) is 11.5 Å². The number of esters is 1. The molecule has 6 nitrogen and oxygen atoms in total. The van der Waals surface area contributed by atoms with E-state index in [1.54, 1.807) is 13.8 Å². The largest absolute Gasteiger partial charge is 0.508 e. The Morgan fingerprint density at radius 3 is 2.55 bits per heavy atom. The lowest BCUT2D eigenvalue weighted by molar-refractivity contribution is 0.0339. The van der Waals surface area contributed by atoms with E-state index in [0.29, 0.717) is 0 Å². The number of rotatable bonds is 5. The summed E-state index contributed by atoms with van der Waals surface area (Å²) >= 11 is 0. The highest BCUT2D eigenvalue weighted by Gasteiger charge is 2.18. The fraction of sp³-hybridized carbons (Fsp3) is 0.250. The van der Waals surface area contributed by atoms with E-state index in [1.165, 1.54) is 24.3 Å². The van der Waals surface area contributed by atoms with E-state index < -0.39 is 11.8 Å². The van der Waals surface area contributed by atoms with Crippen LogP contribution in [-0.4, -0.2) is 28.1 Å². The van der Waals surface area contributed by atoms with Crippen molar-refractivity contribution in [2.75, 3.05) is 0 Å². The molecular weight excluding hydrogens is 288 g/mol. The zero-order valence-corrected chi connectivity index (χ0v) is 12.2. The monoisotopic (exact) mass is 304 g/mol. The standard InChI is InChI=1S/C16H16O6/c1-9(2)21-16(20)15-6-4-11(22-15)8-14(19)12-5-3-10(17)7-13(12)18/h3-7,9,17-18H,8H2,1-2H3. The van der Waals surface area contributed by atoms with Gasteiger partial charge in [-0.3, -0.25) is 4.79 Å². The Morgan fingerprint density at radius 1 is 1.18 bits per heavy atom. The molecule has 0 radical (unpaired) electrons. The molecule has 0 aliphatic carbocycles. The number of aromatic hydroxyl groups is 2. The SMILES string of the molecule is CC(C)OC(=O)c1ccc(CC(=O)c2ccc(O)cc2O)o1. The summed E-state index contributed by atoms with van der Waals surface area (Å²) in [7, 11) is 0. The average molecular weight is 304 g/mol. The number of ketones is 1. The van der Waals surface area contributed by atoms with Gasteiger partial charge in [-0.05, 0) is 38.1 Å². The number of phenolic OH excluding ortho intramolecular Hbond substituents is 2. The molecule has 22 heavy (non-hydrogen) atoms. The van der Waals surface area contributed by atoms with Gasteiger partial charge in [0.2, 0.25) is 5.76 Å². The Hall–Kier alpha value is -2.76. The zero-order valence-electron chi connectivity index (χ0n) is 12.2. The minimum Gasteiger partial charge on any atom is -0.508 e. The van der Waals surface area contributed by atoms with Gasteiger partial charge in [-0.25, -0.2) is 4.79 Å². The maximum atomic E-state index is 12.1. The van der Waals surface area contributed by atoms with Crippen molar-refractivity contribution < 1.29 is 29.0 Å². The normalized spacial score (nSPS) is 10.7. The number of hydrogen-bond donors (Lipinski definition) is 2. The van der Waals surface area contributed by atoms with E-state index in [4.69, 9.17) is 9.15 Å². The van der Waals surface area contributed by atoms with Crippen LogP contribution in [0.15, 0.2) is 34.7 Å². The van der Waals surface area contributed by atoms with Gasteiger partial charge < -0.3 is 19.4 Å². The van der Waals surface area contributed by atoms with Gasteiger partial charge in [0.25, 0.3) is 0 Å². The summed E-state index contributed by atoms with van der Waals surface area (Å²) in [6.45, 7) is 3.44. The van der Waals surface area contributed by atoms with E-state index in [-0.39, 0.29) is 41.1 Å². The molecular formula is C16H16O6. The van der Waals surface area contributed by atoms with E-state index >= 15 is 0 Å². The molecule has 0 fully saturated rings. The van der Waals surface area contributed by atoms with Crippen LogP contribution >= 0.6 is 0 Å². The van der Waals surface area contributed by atoms with Crippen molar-refractivity contribution in [1.29, 1.82) is 0 Å². The quantitative estimate of drug-likeness (QED) is 0.651. The highest BCUT2D eigenvalue weighted by molar-refractivity contribution is 5.99. The van der Waals surface area contributed by atoms with Gasteiger partial charge in [-0.15, -0.1) is 0 Å². The van der Waals surface area contributed by atoms with Gasteiger partial charge in [-0.2, -0.15) is 0 Å². The lowest BCUT2D eigenvalue weighted by Crippen LogP contribution is -2.10. The average Bonchev–Trinajstić information content (AvgIpc) is 2.86. The second kappa shape index (κ2) is 6.34. The van der Waals surface area contributed by atoms with Gasteiger partial charge >= 0.3 is 5.97 Å². The molecule has 0 unspecified atom stereocenters. The summed E-state index contributed by atoms with van der Waals surface area (Å²) in [4.78, 5) is 23.7. The lowest BCUT2D eigenvalue weighted by atomic mass is 10.1. The van der Waals surface area contributed by atoms with E-state index in [0.717, 1.165) is 6.07 Å². The smallest absolute Gasteiger partial charge is 0.374 e. The van der Waals surface area contributed by atoms with Crippen LogP contribution in [0.1, 0.15) is 40.5 Å². The van der Waals surface area contributed by atoms with E-state index in [1.807, 2.05) is 0 Å². The fourth-order valence-corrected chi connectivity index (χ4v) is 1.86. The van der Waals surface area contributed by atoms with Crippen molar-refractivity contribution in [2.45, 2.75) is 26.4 Å². The van der Waals surface area contributed by atoms with Crippen LogP contribution in [0.2, 0.25) is 0 Å². The van der Waals surface area contributed by atoms with E-state index in [9.17, 15) is 19.8 Å². The number of hydrogen-bond acceptors (Lipinski definition) is 6. The summed E-state index contributed by atoms with van der Waals surface area (Å²) < 4.78 is 10.3. The van der Waals surface area contributed by atoms with Gasteiger partial charge in [0.15, 0.2) is 5.78 Å². The summed E-state index contributed by atoms with van der Waals surface area (Å²) in [5.41, 5.74) is 0.0699. The summed E-state index contributed by atoms with van der Waals surface area (Å²) in [6.07, 6.45) is -0.385. The Labute approximate surface area is 126 Å². The number of benzene rings is 1. The molecule has 0 atom stereocenters. The van der Waals surface area contributed by atoms with Crippen LogP contribution in [0.5, 0.6) is 11.5 Å². The zero-order chi connectivity index (χ0) is 16.3. The molecule has 0 spiro atoms. The summed E-state index contributed by atoms with van der Waals surface area (Å²) in [5.74, 6) is -1.13. The van der Waals surface area contributed by atoms with Crippen LogP contribution in [0.3, 0.4) is 0 Å². The molecule has 0 bridgehead atoms. The number of Topliss-reactive ketones (excluding diaryl/α,β-unsaturated/α-hetero) is 1. The molecule has 0 saturated carbocycles. The maximum absolute atomic E-state index is 12.1.